The lowest BCUT2D eigenvalue weighted by Crippen LogP contribution is -2.42. The van der Waals surface area contributed by atoms with Crippen LogP contribution in [0.5, 0.6) is 0 Å². The van der Waals surface area contributed by atoms with E-state index in [2.05, 4.69) is 5.32 Å². The van der Waals surface area contributed by atoms with E-state index in [0.29, 0.717) is 18.5 Å². The summed E-state index contributed by atoms with van der Waals surface area (Å²) < 4.78 is 5.33. The van der Waals surface area contributed by atoms with Gasteiger partial charge in [-0.2, -0.15) is 0 Å². The smallest absolute Gasteiger partial charge is 0.225 e. The van der Waals surface area contributed by atoms with E-state index in [1.807, 2.05) is 18.7 Å². The summed E-state index contributed by atoms with van der Waals surface area (Å²) in [5.74, 6) is 0.228. The van der Waals surface area contributed by atoms with E-state index in [1.165, 1.54) is 12.8 Å². The van der Waals surface area contributed by atoms with Crippen LogP contribution in [0.3, 0.4) is 0 Å². The zero-order chi connectivity index (χ0) is 12.5. The molecule has 2 unspecified atom stereocenters. The molecule has 0 spiro atoms. The van der Waals surface area contributed by atoms with Crippen molar-refractivity contribution in [3.8, 4) is 0 Å². The molecule has 0 saturated carbocycles. The first-order valence-electron chi connectivity index (χ1n) is 6.59. The highest BCUT2D eigenvalue weighted by Gasteiger charge is 2.32. The average molecular weight is 240 g/mol. The summed E-state index contributed by atoms with van der Waals surface area (Å²) in [4.78, 5) is 14.2. The Kier molecular flexibility index (Phi) is 3.73. The molecule has 2 heterocycles. The molecule has 0 aromatic heterocycles. The summed E-state index contributed by atoms with van der Waals surface area (Å²) in [6.07, 6.45) is 4.05. The van der Waals surface area contributed by atoms with Gasteiger partial charge < -0.3 is 15.0 Å². The Balaban J connectivity index is 1.91. The second-order valence-corrected chi connectivity index (χ2v) is 5.91. The second kappa shape index (κ2) is 4.94. The van der Waals surface area contributed by atoms with Gasteiger partial charge in [-0.3, -0.25) is 4.79 Å². The van der Waals surface area contributed by atoms with Gasteiger partial charge >= 0.3 is 0 Å². The molecular weight excluding hydrogens is 216 g/mol. The number of fused-ring (bicyclic) bond motifs is 2. The first kappa shape index (κ1) is 12.8. The van der Waals surface area contributed by atoms with Crippen LogP contribution in [0.15, 0.2) is 0 Å². The SMILES string of the molecule is COC(C)(C)CC(=O)N1CCC2CCC(C1)N2. The molecule has 1 amide bonds. The first-order chi connectivity index (χ1) is 8.00. The lowest BCUT2D eigenvalue weighted by molar-refractivity contribution is -0.136. The van der Waals surface area contributed by atoms with Gasteiger partial charge in [-0.05, 0) is 33.1 Å². The van der Waals surface area contributed by atoms with Crippen molar-refractivity contribution in [2.45, 2.75) is 57.2 Å². The zero-order valence-corrected chi connectivity index (χ0v) is 11.2. The molecule has 2 aliphatic rings. The fourth-order valence-electron chi connectivity index (χ4n) is 2.72. The normalized spacial score (nSPS) is 29.2. The van der Waals surface area contributed by atoms with Gasteiger partial charge in [0.1, 0.15) is 0 Å². The number of hydrogen-bond donors (Lipinski definition) is 1. The highest BCUT2D eigenvalue weighted by atomic mass is 16.5. The van der Waals surface area contributed by atoms with Crippen molar-refractivity contribution in [1.82, 2.24) is 10.2 Å². The van der Waals surface area contributed by atoms with E-state index in [9.17, 15) is 4.79 Å². The van der Waals surface area contributed by atoms with Crippen molar-refractivity contribution >= 4 is 5.91 Å². The Hall–Kier alpha value is -0.610. The Morgan fingerprint density at radius 3 is 2.76 bits per heavy atom. The lowest BCUT2D eigenvalue weighted by Gasteiger charge is -2.29. The molecule has 2 aliphatic heterocycles. The van der Waals surface area contributed by atoms with Crippen LogP contribution in [0.1, 0.15) is 39.5 Å². The summed E-state index contributed by atoms with van der Waals surface area (Å²) in [6, 6.07) is 1.14. The summed E-state index contributed by atoms with van der Waals surface area (Å²) in [5.41, 5.74) is -0.351. The highest BCUT2D eigenvalue weighted by molar-refractivity contribution is 5.77. The van der Waals surface area contributed by atoms with E-state index < -0.39 is 0 Å². The van der Waals surface area contributed by atoms with Crippen molar-refractivity contribution in [3.05, 3.63) is 0 Å². The van der Waals surface area contributed by atoms with Crippen molar-refractivity contribution in [3.63, 3.8) is 0 Å². The number of rotatable bonds is 3. The molecule has 2 rings (SSSR count). The van der Waals surface area contributed by atoms with Crippen molar-refractivity contribution in [2.24, 2.45) is 0 Å². The fraction of sp³-hybridized carbons (Fsp3) is 0.923. The van der Waals surface area contributed by atoms with Crippen LogP contribution in [0.2, 0.25) is 0 Å². The topological polar surface area (TPSA) is 41.6 Å². The van der Waals surface area contributed by atoms with E-state index in [1.54, 1.807) is 7.11 Å². The molecule has 4 heteroatoms. The molecule has 0 aromatic rings. The number of carbonyl (C=O) groups is 1. The van der Waals surface area contributed by atoms with Gasteiger partial charge in [0, 0.05) is 32.3 Å². The third-order valence-electron chi connectivity index (χ3n) is 4.01. The molecule has 98 valence electrons. The Labute approximate surface area is 104 Å². The predicted octanol–water partition coefficient (Wildman–Crippen LogP) is 1.15. The van der Waals surface area contributed by atoms with E-state index in [-0.39, 0.29) is 11.5 Å². The minimum atomic E-state index is -0.351. The van der Waals surface area contributed by atoms with Crippen molar-refractivity contribution in [1.29, 1.82) is 0 Å². The minimum absolute atomic E-state index is 0.228. The standard InChI is InChI=1S/C13H24N2O2/c1-13(2,17-3)8-12(16)15-7-6-10-4-5-11(9-15)14-10/h10-11,14H,4-9H2,1-3H3. The van der Waals surface area contributed by atoms with Crippen LogP contribution < -0.4 is 5.32 Å². The summed E-state index contributed by atoms with van der Waals surface area (Å²) in [5, 5.41) is 3.59. The fourth-order valence-corrected chi connectivity index (χ4v) is 2.72. The molecule has 2 saturated heterocycles. The first-order valence-corrected chi connectivity index (χ1v) is 6.59. The number of methoxy groups -OCH3 is 1. The molecule has 0 aliphatic carbocycles. The van der Waals surface area contributed by atoms with Gasteiger partial charge in [0.15, 0.2) is 0 Å². The Morgan fingerprint density at radius 1 is 1.35 bits per heavy atom. The number of nitrogens with one attached hydrogen (secondary N) is 1. The molecule has 4 nitrogen and oxygen atoms in total. The quantitative estimate of drug-likeness (QED) is 0.804. The van der Waals surface area contributed by atoms with Gasteiger partial charge in [-0.1, -0.05) is 0 Å². The maximum absolute atomic E-state index is 12.2. The van der Waals surface area contributed by atoms with Crippen LogP contribution in [0.4, 0.5) is 0 Å². The minimum Gasteiger partial charge on any atom is -0.378 e. The lowest BCUT2D eigenvalue weighted by atomic mass is 10.0. The summed E-state index contributed by atoms with van der Waals surface area (Å²) in [6.45, 7) is 5.70. The molecule has 2 bridgehead atoms. The van der Waals surface area contributed by atoms with Crippen molar-refractivity contribution in [2.75, 3.05) is 20.2 Å². The summed E-state index contributed by atoms with van der Waals surface area (Å²) >= 11 is 0. The Morgan fingerprint density at radius 2 is 2.06 bits per heavy atom. The molecule has 2 atom stereocenters. The number of hydrogen-bond acceptors (Lipinski definition) is 3. The molecular formula is C13H24N2O2. The Bertz CT molecular complexity index is 291. The number of nitrogens with zero attached hydrogens (tertiary/aromatic N) is 1. The van der Waals surface area contributed by atoms with Gasteiger partial charge in [0.2, 0.25) is 5.91 Å². The predicted molar refractivity (Wildman–Crippen MR) is 66.8 cm³/mol. The summed E-state index contributed by atoms with van der Waals surface area (Å²) in [7, 11) is 1.67. The number of amides is 1. The average Bonchev–Trinajstić information content (AvgIpc) is 2.57. The van der Waals surface area contributed by atoms with Gasteiger partial charge in [0.05, 0.1) is 12.0 Å². The number of carbonyl (C=O) groups excluding carboxylic acids is 1. The van der Waals surface area contributed by atoms with Gasteiger partial charge in [-0.15, -0.1) is 0 Å². The monoisotopic (exact) mass is 240 g/mol. The molecule has 2 fully saturated rings. The third kappa shape index (κ3) is 3.19. The molecule has 1 N–H and O–H groups in total. The highest BCUT2D eigenvalue weighted by Crippen LogP contribution is 2.22. The van der Waals surface area contributed by atoms with E-state index in [4.69, 9.17) is 4.74 Å². The molecule has 0 radical (unpaired) electrons. The molecule has 17 heavy (non-hydrogen) atoms. The number of likely N-dealkylation sites (tertiary alicyclic amines) is 1. The zero-order valence-electron chi connectivity index (χ0n) is 11.2. The van der Waals surface area contributed by atoms with Crippen molar-refractivity contribution < 1.29 is 9.53 Å². The van der Waals surface area contributed by atoms with Crippen LogP contribution >= 0.6 is 0 Å². The van der Waals surface area contributed by atoms with Crippen LogP contribution in [0.25, 0.3) is 0 Å². The van der Waals surface area contributed by atoms with Crippen LogP contribution in [0, 0.1) is 0 Å². The maximum Gasteiger partial charge on any atom is 0.225 e. The van der Waals surface area contributed by atoms with Crippen LogP contribution in [-0.4, -0.2) is 48.7 Å². The maximum atomic E-state index is 12.2. The third-order valence-corrected chi connectivity index (χ3v) is 4.01. The van der Waals surface area contributed by atoms with E-state index >= 15 is 0 Å². The van der Waals surface area contributed by atoms with Crippen LogP contribution in [-0.2, 0) is 9.53 Å². The second-order valence-electron chi connectivity index (χ2n) is 5.91. The number of ether oxygens (including phenoxy) is 1. The largest absolute Gasteiger partial charge is 0.378 e. The van der Waals surface area contributed by atoms with E-state index in [0.717, 1.165) is 19.5 Å². The van der Waals surface area contributed by atoms with Gasteiger partial charge in [-0.25, -0.2) is 0 Å². The van der Waals surface area contributed by atoms with Gasteiger partial charge in [0.25, 0.3) is 0 Å². The molecule has 0 aromatic carbocycles.